The number of hydrogen-bond donors (Lipinski definition) is 1. The Kier molecular flexibility index (Phi) is 7.12. The third-order valence-electron chi connectivity index (χ3n) is 5.70. The minimum atomic E-state index is -1.09. The minimum Gasteiger partial charge on any atom is -0.494 e. The molecule has 9 heteroatoms. The van der Waals surface area contributed by atoms with Gasteiger partial charge in [-0.1, -0.05) is 18.7 Å². The van der Waals surface area contributed by atoms with Crippen molar-refractivity contribution in [2.45, 2.75) is 13.3 Å². The molecule has 2 aromatic carbocycles. The van der Waals surface area contributed by atoms with Crippen molar-refractivity contribution < 1.29 is 27.8 Å². The molecule has 0 aliphatic heterocycles. The molecule has 1 amide bonds. The summed E-state index contributed by atoms with van der Waals surface area (Å²) >= 11 is 1.08. The number of thiophene rings is 1. The molecule has 0 saturated heterocycles. The lowest BCUT2D eigenvalue weighted by Gasteiger charge is -2.13. The van der Waals surface area contributed by atoms with Crippen LogP contribution in [0.25, 0.3) is 10.1 Å². The number of rotatable bonds is 8. The van der Waals surface area contributed by atoms with Crippen LogP contribution < -0.4 is 14.8 Å². The highest BCUT2D eigenvalue weighted by Gasteiger charge is 2.27. The summed E-state index contributed by atoms with van der Waals surface area (Å²) in [6, 6.07) is 10.0. The van der Waals surface area contributed by atoms with Gasteiger partial charge in [-0.25, -0.2) is 8.78 Å². The SMILES string of the molecule is C=CC(=O)Nc1cccc(C)c1Cc1cc2cc(C(=O)c3c(F)c(OC)cc(OC)c3F)sc2cn1. The van der Waals surface area contributed by atoms with Gasteiger partial charge in [0.05, 0.1) is 23.8 Å². The number of ether oxygens (including phenoxy) is 2. The number of anilines is 1. The first kappa shape index (κ1) is 25.0. The fourth-order valence-electron chi connectivity index (χ4n) is 3.83. The Labute approximate surface area is 210 Å². The summed E-state index contributed by atoms with van der Waals surface area (Å²) in [6.45, 7) is 5.42. The van der Waals surface area contributed by atoms with Crippen LogP contribution in [-0.4, -0.2) is 30.9 Å². The number of carbonyl (C=O) groups excluding carboxylic acids is 2. The summed E-state index contributed by atoms with van der Waals surface area (Å²) < 4.78 is 40.3. The summed E-state index contributed by atoms with van der Waals surface area (Å²) in [5.74, 6) is -3.91. The van der Waals surface area contributed by atoms with Gasteiger partial charge in [-0.05, 0) is 47.7 Å². The van der Waals surface area contributed by atoms with Gasteiger partial charge in [0.25, 0.3) is 0 Å². The van der Waals surface area contributed by atoms with Gasteiger partial charge < -0.3 is 14.8 Å². The summed E-state index contributed by atoms with van der Waals surface area (Å²) in [7, 11) is 2.44. The number of pyridine rings is 1. The smallest absolute Gasteiger partial charge is 0.247 e. The quantitative estimate of drug-likeness (QED) is 0.239. The molecule has 0 aliphatic rings. The van der Waals surface area contributed by atoms with E-state index in [9.17, 15) is 18.4 Å². The number of aryl methyl sites for hydroxylation is 1. The van der Waals surface area contributed by atoms with Crippen molar-refractivity contribution in [3.05, 3.63) is 94.1 Å². The zero-order valence-corrected chi connectivity index (χ0v) is 20.6. The first-order chi connectivity index (χ1) is 17.3. The number of benzene rings is 2. The van der Waals surface area contributed by atoms with Gasteiger partial charge in [0.15, 0.2) is 23.1 Å². The van der Waals surface area contributed by atoms with Gasteiger partial charge in [0, 0.05) is 30.1 Å². The Bertz CT molecular complexity index is 1490. The van der Waals surface area contributed by atoms with Crippen molar-refractivity contribution in [3.63, 3.8) is 0 Å². The zero-order chi connectivity index (χ0) is 26.0. The van der Waals surface area contributed by atoms with Crippen LogP contribution in [0.1, 0.15) is 32.1 Å². The molecule has 4 aromatic rings. The normalized spacial score (nSPS) is 10.8. The van der Waals surface area contributed by atoms with Gasteiger partial charge in [0.2, 0.25) is 11.7 Å². The largest absolute Gasteiger partial charge is 0.494 e. The molecule has 2 heterocycles. The van der Waals surface area contributed by atoms with Crippen molar-refractivity contribution in [2.24, 2.45) is 0 Å². The lowest BCUT2D eigenvalue weighted by Crippen LogP contribution is -2.10. The van der Waals surface area contributed by atoms with Gasteiger partial charge in [-0.3, -0.25) is 14.6 Å². The Hall–Kier alpha value is -4.11. The fraction of sp³-hybridized carbons (Fsp3) is 0.148. The number of ketones is 1. The molecule has 1 N–H and O–H groups in total. The number of nitrogens with zero attached hydrogens (tertiary/aromatic N) is 1. The predicted octanol–water partition coefficient (Wildman–Crippen LogP) is 5.85. The molecule has 0 atom stereocenters. The molecule has 6 nitrogen and oxygen atoms in total. The number of nitrogens with one attached hydrogen (secondary N) is 1. The maximum absolute atomic E-state index is 14.9. The average molecular weight is 509 g/mol. The molecule has 0 aliphatic carbocycles. The van der Waals surface area contributed by atoms with Gasteiger partial charge in [-0.2, -0.15) is 0 Å². The van der Waals surface area contributed by atoms with Crippen molar-refractivity contribution >= 4 is 38.8 Å². The van der Waals surface area contributed by atoms with E-state index < -0.39 is 23.0 Å². The van der Waals surface area contributed by atoms with E-state index in [1.807, 2.05) is 25.1 Å². The first-order valence-electron chi connectivity index (χ1n) is 10.8. The number of methoxy groups -OCH3 is 2. The van der Waals surface area contributed by atoms with Crippen LogP contribution in [0.4, 0.5) is 14.5 Å². The highest BCUT2D eigenvalue weighted by molar-refractivity contribution is 7.21. The molecule has 0 fully saturated rings. The van der Waals surface area contributed by atoms with E-state index in [1.54, 1.807) is 18.3 Å². The number of fused-ring (bicyclic) bond motifs is 1. The van der Waals surface area contributed by atoms with Crippen molar-refractivity contribution in [3.8, 4) is 11.5 Å². The predicted molar refractivity (Wildman–Crippen MR) is 135 cm³/mol. The second-order valence-corrected chi connectivity index (χ2v) is 8.99. The van der Waals surface area contributed by atoms with E-state index >= 15 is 0 Å². The van der Waals surface area contributed by atoms with Gasteiger partial charge in [-0.15, -0.1) is 11.3 Å². The van der Waals surface area contributed by atoms with Crippen LogP contribution in [-0.2, 0) is 11.2 Å². The van der Waals surface area contributed by atoms with Crippen molar-refractivity contribution in [2.75, 3.05) is 19.5 Å². The molecule has 0 radical (unpaired) electrons. The average Bonchev–Trinajstić information content (AvgIpc) is 3.30. The molecular weight excluding hydrogens is 486 g/mol. The number of hydrogen-bond acceptors (Lipinski definition) is 6. The molecule has 2 aromatic heterocycles. The standard InChI is InChI=1S/C27H22F2N2O4S/c1-5-23(32)31-18-8-6-7-14(2)17(18)11-16-9-15-10-21(36-22(15)13-30-16)27(33)24-25(28)19(34-3)12-20(35-4)26(24)29/h5-10,12-13H,1,11H2,2-4H3,(H,31,32). The maximum atomic E-state index is 14.9. The van der Waals surface area contributed by atoms with Crippen LogP contribution in [0.2, 0.25) is 0 Å². The third-order valence-corrected chi connectivity index (χ3v) is 6.78. The number of halogens is 2. The molecule has 4 rings (SSSR count). The van der Waals surface area contributed by atoms with E-state index in [0.29, 0.717) is 27.9 Å². The Balaban J connectivity index is 1.70. The Morgan fingerprint density at radius 1 is 1.11 bits per heavy atom. The maximum Gasteiger partial charge on any atom is 0.247 e. The van der Waals surface area contributed by atoms with Crippen LogP contribution in [0.15, 0.2) is 55.3 Å². The summed E-state index contributed by atoms with van der Waals surface area (Å²) in [5, 5.41) is 3.51. The lowest BCUT2D eigenvalue weighted by molar-refractivity contribution is -0.111. The van der Waals surface area contributed by atoms with Gasteiger partial charge in [0.1, 0.15) is 5.56 Å². The molecule has 0 unspecified atom stereocenters. The fourth-order valence-corrected chi connectivity index (χ4v) is 4.79. The van der Waals surface area contributed by atoms with E-state index in [2.05, 4.69) is 16.9 Å². The zero-order valence-electron chi connectivity index (χ0n) is 19.8. The molecule has 184 valence electrons. The summed E-state index contributed by atoms with van der Waals surface area (Å²) in [4.78, 5) is 29.6. The number of amides is 1. The van der Waals surface area contributed by atoms with Crippen molar-refractivity contribution in [1.82, 2.24) is 4.98 Å². The molecule has 0 bridgehead atoms. The van der Waals surface area contributed by atoms with Gasteiger partial charge >= 0.3 is 0 Å². The second kappa shape index (κ2) is 10.2. The topological polar surface area (TPSA) is 77.5 Å². The Morgan fingerprint density at radius 3 is 2.44 bits per heavy atom. The van der Waals surface area contributed by atoms with Crippen molar-refractivity contribution in [1.29, 1.82) is 0 Å². The number of carbonyl (C=O) groups is 2. The van der Waals surface area contributed by atoms with E-state index in [1.165, 1.54) is 20.3 Å². The molecule has 0 spiro atoms. The Morgan fingerprint density at radius 2 is 1.81 bits per heavy atom. The molecule has 0 saturated carbocycles. The van der Waals surface area contributed by atoms with E-state index in [0.717, 1.165) is 28.5 Å². The minimum absolute atomic E-state index is 0.145. The first-order valence-corrected chi connectivity index (χ1v) is 11.6. The molecule has 36 heavy (non-hydrogen) atoms. The third kappa shape index (κ3) is 4.70. The number of aromatic nitrogens is 1. The van der Waals surface area contributed by atoms with E-state index in [4.69, 9.17) is 9.47 Å². The van der Waals surface area contributed by atoms with Crippen LogP contribution >= 0.6 is 11.3 Å². The summed E-state index contributed by atoms with van der Waals surface area (Å²) in [6.07, 6.45) is 3.24. The van der Waals surface area contributed by atoms with E-state index in [-0.39, 0.29) is 22.3 Å². The van der Waals surface area contributed by atoms with Crippen LogP contribution in [0.3, 0.4) is 0 Å². The summed E-state index contributed by atoms with van der Waals surface area (Å²) in [5.41, 5.74) is 2.47. The lowest BCUT2D eigenvalue weighted by atomic mass is 10.0. The van der Waals surface area contributed by atoms with Crippen LogP contribution in [0.5, 0.6) is 11.5 Å². The highest BCUT2D eigenvalue weighted by atomic mass is 32.1. The molecular formula is C27H22F2N2O4S. The highest BCUT2D eigenvalue weighted by Crippen LogP contribution is 2.35. The van der Waals surface area contributed by atoms with Crippen LogP contribution in [0, 0.1) is 18.6 Å². The second-order valence-electron chi connectivity index (χ2n) is 7.91. The monoisotopic (exact) mass is 508 g/mol.